The quantitative estimate of drug-likeness (QED) is 0.554. The molecule has 184 valence electrons. The van der Waals surface area contributed by atoms with Crippen LogP contribution >= 0.6 is 0 Å². The Kier molecular flexibility index (Phi) is 8.34. The summed E-state index contributed by atoms with van der Waals surface area (Å²) in [4.78, 5) is 17.9. The smallest absolute Gasteiger partial charge is 0.251 e. The van der Waals surface area contributed by atoms with Crippen LogP contribution in [0.3, 0.4) is 0 Å². The normalized spacial score (nSPS) is 27.1. The average Bonchev–Trinajstić information content (AvgIpc) is 3.03. The maximum atomic E-state index is 13.2. The van der Waals surface area contributed by atoms with Gasteiger partial charge in [0.15, 0.2) is 0 Å². The van der Waals surface area contributed by atoms with Crippen LogP contribution in [0.2, 0.25) is 0 Å². The van der Waals surface area contributed by atoms with E-state index in [1.165, 1.54) is 50.5 Å². The SMILES string of the molecule is CC(C)C[C@H](O)C(=O)N(CCN1[C@@H]2CC[C@H]1C[C@@H](c1cccc(O)c1)C2)CC1CCCCC1. The van der Waals surface area contributed by atoms with Crippen LogP contribution in [0, 0.1) is 11.8 Å². The summed E-state index contributed by atoms with van der Waals surface area (Å²) >= 11 is 0. The Morgan fingerprint density at radius 1 is 1.09 bits per heavy atom. The highest BCUT2D eigenvalue weighted by Gasteiger charge is 2.41. The lowest BCUT2D eigenvalue weighted by Gasteiger charge is -2.41. The number of phenolic OH excluding ortho intramolecular Hbond substituents is 1. The van der Waals surface area contributed by atoms with Gasteiger partial charge in [-0.15, -0.1) is 0 Å². The van der Waals surface area contributed by atoms with Crippen molar-refractivity contribution in [3.05, 3.63) is 29.8 Å². The first-order valence-electron chi connectivity index (χ1n) is 13.4. The molecule has 4 atom stereocenters. The van der Waals surface area contributed by atoms with Crippen LogP contribution in [-0.2, 0) is 4.79 Å². The number of carbonyl (C=O) groups excluding carboxylic acids is 1. The number of aliphatic hydroxyl groups is 1. The second-order valence-corrected chi connectivity index (χ2v) is 11.3. The number of hydrogen-bond acceptors (Lipinski definition) is 4. The highest BCUT2D eigenvalue weighted by Crippen LogP contribution is 2.43. The van der Waals surface area contributed by atoms with Gasteiger partial charge in [-0.3, -0.25) is 9.69 Å². The Labute approximate surface area is 200 Å². The molecule has 0 spiro atoms. The van der Waals surface area contributed by atoms with Gasteiger partial charge in [0.1, 0.15) is 11.9 Å². The summed E-state index contributed by atoms with van der Waals surface area (Å²) in [5, 5.41) is 20.5. The van der Waals surface area contributed by atoms with Crippen molar-refractivity contribution in [1.82, 2.24) is 9.80 Å². The lowest BCUT2D eigenvalue weighted by atomic mass is 9.85. The minimum Gasteiger partial charge on any atom is -0.508 e. The van der Waals surface area contributed by atoms with Gasteiger partial charge >= 0.3 is 0 Å². The van der Waals surface area contributed by atoms with Gasteiger partial charge in [-0.05, 0) is 80.4 Å². The Morgan fingerprint density at radius 3 is 2.42 bits per heavy atom. The molecule has 2 saturated heterocycles. The molecule has 2 aliphatic heterocycles. The molecule has 33 heavy (non-hydrogen) atoms. The number of phenols is 1. The van der Waals surface area contributed by atoms with E-state index < -0.39 is 6.10 Å². The second-order valence-electron chi connectivity index (χ2n) is 11.3. The molecule has 1 saturated carbocycles. The molecule has 4 rings (SSSR count). The summed E-state index contributed by atoms with van der Waals surface area (Å²) in [5.41, 5.74) is 1.26. The molecule has 1 amide bonds. The first kappa shape index (κ1) is 24.5. The van der Waals surface area contributed by atoms with Crippen LogP contribution in [0.25, 0.3) is 0 Å². The largest absolute Gasteiger partial charge is 0.508 e. The van der Waals surface area contributed by atoms with E-state index in [9.17, 15) is 15.0 Å². The molecule has 1 aromatic carbocycles. The number of fused-ring (bicyclic) bond motifs is 2. The molecular weight excluding hydrogens is 412 g/mol. The Bertz CT molecular complexity index is 762. The van der Waals surface area contributed by atoms with E-state index in [1.807, 2.05) is 17.0 Å². The number of benzene rings is 1. The number of aromatic hydroxyl groups is 1. The van der Waals surface area contributed by atoms with Gasteiger partial charge in [0.2, 0.25) is 0 Å². The first-order valence-corrected chi connectivity index (χ1v) is 13.4. The summed E-state index contributed by atoms with van der Waals surface area (Å²) < 4.78 is 0. The topological polar surface area (TPSA) is 64.0 Å². The van der Waals surface area contributed by atoms with E-state index in [0.29, 0.717) is 42.0 Å². The van der Waals surface area contributed by atoms with E-state index in [0.717, 1.165) is 32.5 Å². The highest BCUT2D eigenvalue weighted by molar-refractivity contribution is 5.80. The third-order valence-corrected chi connectivity index (χ3v) is 8.35. The molecule has 3 aliphatic rings. The maximum Gasteiger partial charge on any atom is 0.251 e. The monoisotopic (exact) mass is 456 g/mol. The number of carbonyl (C=O) groups is 1. The van der Waals surface area contributed by atoms with Gasteiger partial charge < -0.3 is 15.1 Å². The predicted octanol–water partition coefficient (Wildman–Crippen LogP) is 4.92. The number of aliphatic hydroxyl groups excluding tert-OH is 1. The molecule has 2 N–H and O–H groups in total. The van der Waals surface area contributed by atoms with Crippen molar-refractivity contribution in [2.45, 2.75) is 102 Å². The van der Waals surface area contributed by atoms with Gasteiger partial charge in [0.25, 0.3) is 5.91 Å². The van der Waals surface area contributed by atoms with Crippen molar-refractivity contribution >= 4 is 5.91 Å². The number of hydrogen-bond donors (Lipinski definition) is 2. The van der Waals surface area contributed by atoms with Gasteiger partial charge in [0, 0.05) is 31.7 Å². The summed E-state index contributed by atoms with van der Waals surface area (Å²) in [6.07, 6.45) is 10.7. The molecule has 5 nitrogen and oxygen atoms in total. The van der Waals surface area contributed by atoms with Gasteiger partial charge in [-0.1, -0.05) is 45.2 Å². The minimum atomic E-state index is -0.873. The van der Waals surface area contributed by atoms with Crippen molar-refractivity contribution in [2.24, 2.45) is 11.8 Å². The molecule has 2 bridgehead atoms. The summed E-state index contributed by atoms with van der Waals surface area (Å²) in [6, 6.07) is 8.90. The molecule has 2 heterocycles. The van der Waals surface area contributed by atoms with Crippen LogP contribution in [0.5, 0.6) is 5.75 Å². The number of rotatable bonds is 9. The van der Waals surface area contributed by atoms with Crippen molar-refractivity contribution in [3.63, 3.8) is 0 Å². The van der Waals surface area contributed by atoms with Crippen LogP contribution < -0.4 is 0 Å². The molecule has 0 aromatic heterocycles. The van der Waals surface area contributed by atoms with E-state index in [2.05, 4.69) is 24.8 Å². The van der Waals surface area contributed by atoms with Crippen molar-refractivity contribution in [3.8, 4) is 5.75 Å². The Balaban J connectivity index is 1.38. The highest BCUT2D eigenvalue weighted by atomic mass is 16.3. The number of amides is 1. The van der Waals surface area contributed by atoms with Crippen molar-refractivity contribution in [1.29, 1.82) is 0 Å². The summed E-state index contributed by atoms with van der Waals surface area (Å²) in [7, 11) is 0. The standard InChI is InChI=1S/C28H44N2O3/c1-20(2)15-27(32)28(33)29(19-21-7-4-3-5-8-21)13-14-30-24-11-12-25(30)17-23(16-24)22-9-6-10-26(31)18-22/h6,9-10,18,20-21,23-25,27,31-32H,3-5,7-8,11-17,19H2,1-2H3/t23-,24+,25-,27-/m0/s1. The Morgan fingerprint density at radius 2 is 1.79 bits per heavy atom. The van der Waals surface area contributed by atoms with E-state index in [4.69, 9.17) is 0 Å². The van der Waals surface area contributed by atoms with Gasteiger partial charge in [0.05, 0.1) is 0 Å². The van der Waals surface area contributed by atoms with Crippen LogP contribution in [0.15, 0.2) is 24.3 Å². The summed E-state index contributed by atoms with van der Waals surface area (Å²) in [5.74, 6) is 1.71. The van der Waals surface area contributed by atoms with Crippen molar-refractivity contribution in [2.75, 3.05) is 19.6 Å². The zero-order valence-corrected chi connectivity index (χ0v) is 20.7. The Hall–Kier alpha value is -1.59. The lowest BCUT2D eigenvalue weighted by molar-refractivity contribution is -0.142. The molecule has 1 aliphatic carbocycles. The maximum absolute atomic E-state index is 13.2. The fourth-order valence-corrected chi connectivity index (χ4v) is 6.66. The van der Waals surface area contributed by atoms with Crippen LogP contribution in [-0.4, -0.2) is 63.7 Å². The van der Waals surface area contributed by atoms with Crippen LogP contribution in [0.1, 0.15) is 89.5 Å². The lowest BCUT2D eigenvalue weighted by Crippen LogP contribution is -2.49. The van der Waals surface area contributed by atoms with Gasteiger partial charge in [-0.25, -0.2) is 0 Å². The molecule has 0 radical (unpaired) electrons. The molecular formula is C28H44N2O3. The van der Waals surface area contributed by atoms with Crippen LogP contribution in [0.4, 0.5) is 0 Å². The average molecular weight is 457 g/mol. The molecule has 0 unspecified atom stereocenters. The fraction of sp³-hybridized carbons (Fsp3) is 0.750. The van der Waals surface area contributed by atoms with E-state index in [-0.39, 0.29) is 5.91 Å². The zero-order chi connectivity index (χ0) is 23.4. The third-order valence-electron chi connectivity index (χ3n) is 8.35. The molecule has 3 fully saturated rings. The number of piperidine rings is 1. The first-order chi connectivity index (χ1) is 15.9. The molecule has 5 heteroatoms. The third kappa shape index (κ3) is 6.30. The predicted molar refractivity (Wildman–Crippen MR) is 132 cm³/mol. The zero-order valence-electron chi connectivity index (χ0n) is 20.7. The molecule has 1 aromatic rings. The van der Waals surface area contributed by atoms with E-state index in [1.54, 1.807) is 6.07 Å². The second kappa shape index (κ2) is 11.2. The fourth-order valence-electron chi connectivity index (χ4n) is 6.66. The summed E-state index contributed by atoms with van der Waals surface area (Å²) in [6.45, 7) is 6.58. The minimum absolute atomic E-state index is 0.0590. The number of nitrogens with zero attached hydrogens (tertiary/aromatic N) is 2. The van der Waals surface area contributed by atoms with E-state index >= 15 is 0 Å². The van der Waals surface area contributed by atoms with Gasteiger partial charge in [-0.2, -0.15) is 0 Å². The van der Waals surface area contributed by atoms with Crippen molar-refractivity contribution < 1.29 is 15.0 Å².